The average molecular weight is 327 g/mol. The van der Waals surface area contributed by atoms with Crippen LogP contribution in [0, 0.1) is 5.92 Å². The number of hydrogen-bond acceptors (Lipinski definition) is 4. The molecule has 2 aromatic carbocycles. The van der Waals surface area contributed by atoms with Crippen molar-refractivity contribution in [1.29, 1.82) is 0 Å². The number of nitrogens with two attached hydrogens (primary N) is 1. The second kappa shape index (κ2) is 6.83. The summed E-state index contributed by atoms with van der Waals surface area (Å²) >= 11 is 0. The van der Waals surface area contributed by atoms with E-state index in [0.29, 0.717) is 23.8 Å². The van der Waals surface area contributed by atoms with Crippen LogP contribution in [0.15, 0.2) is 36.4 Å². The summed E-state index contributed by atoms with van der Waals surface area (Å²) in [6.07, 6.45) is 1.71. The minimum absolute atomic E-state index is 0.332. The van der Waals surface area contributed by atoms with E-state index in [9.17, 15) is 4.79 Å². The van der Waals surface area contributed by atoms with Crippen LogP contribution in [-0.2, 0) is 12.8 Å². The SMILES string of the molecule is COc1ccc(C[C@@H]2COc3c(cccc3OC)C2)cc1C(N)=O. The minimum Gasteiger partial charge on any atom is -0.496 e. The molecule has 0 bridgehead atoms. The molecule has 5 nitrogen and oxygen atoms in total. The quantitative estimate of drug-likeness (QED) is 0.916. The summed E-state index contributed by atoms with van der Waals surface area (Å²) in [6.45, 7) is 0.616. The van der Waals surface area contributed by atoms with Gasteiger partial charge in [-0.3, -0.25) is 4.79 Å². The second-order valence-corrected chi connectivity index (χ2v) is 5.93. The van der Waals surface area contributed by atoms with E-state index in [1.165, 1.54) is 7.11 Å². The van der Waals surface area contributed by atoms with Gasteiger partial charge in [-0.2, -0.15) is 0 Å². The number of para-hydroxylation sites is 1. The van der Waals surface area contributed by atoms with E-state index >= 15 is 0 Å². The molecule has 1 atom stereocenters. The molecule has 2 aromatic rings. The fourth-order valence-electron chi connectivity index (χ4n) is 3.16. The Kier molecular flexibility index (Phi) is 4.60. The van der Waals surface area contributed by atoms with Gasteiger partial charge in [0.25, 0.3) is 5.91 Å². The van der Waals surface area contributed by atoms with Crippen molar-refractivity contribution in [2.45, 2.75) is 12.8 Å². The fourth-order valence-corrected chi connectivity index (χ4v) is 3.16. The van der Waals surface area contributed by atoms with E-state index in [2.05, 4.69) is 6.07 Å². The minimum atomic E-state index is -0.483. The number of amides is 1. The van der Waals surface area contributed by atoms with E-state index in [4.69, 9.17) is 19.9 Å². The van der Waals surface area contributed by atoms with Gasteiger partial charge >= 0.3 is 0 Å². The summed E-state index contributed by atoms with van der Waals surface area (Å²) in [5.41, 5.74) is 8.03. The van der Waals surface area contributed by atoms with Crippen LogP contribution >= 0.6 is 0 Å². The smallest absolute Gasteiger partial charge is 0.252 e. The summed E-state index contributed by atoms with van der Waals surface area (Å²) in [4.78, 5) is 11.6. The summed E-state index contributed by atoms with van der Waals surface area (Å²) < 4.78 is 16.4. The highest BCUT2D eigenvalue weighted by Gasteiger charge is 2.23. The lowest BCUT2D eigenvalue weighted by molar-refractivity contribution is 0.0997. The third-order valence-corrected chi connectivity index (χ3v) is 4.31. The first-order valence-electron chi connectivity index (χ1n) is 7.87. The van der Waals surface area contributed by atoms with Gasteiger partial charge in [0.05, 0.1) is 26.4 Å². The molecule has 3 rings (SSSR count). The maximum absolute atomic E-state index is 11.6. The number of carbonyl (C=O) groups excluding carboxylic acids is 1. The van der Waals surface area contributed by atoms with Gasteiger partial charge in [0, 0.05) is 5.92 Å². The van der Waals surface area contributed by atoms with E-state index < -0.39 is 5.91 Å². The molecule has 0 radical (unpaired) electrons. The van der Waals surface area contributed by atoms with Crippen LogP contribution in [0.3, 0.4) is 0 Å². The maximum atomic E-state index is 11.6. The molecular formula is C19H21NO4. The predicted molar refractivity (Wildman–Crippen MR) is 90.9 cm³/mol. The Labute approximate surface area is 141 Å². The van der Waals surface area contributed by atoms with Crippen molar-refractivity contribution < 1.29 is 19.0 Å². The molecule has 0 unspecified atom stereocenters. The zero-order chi connectivity index (χ0) is 17.1. The molecule has 0 aliphatic carbocycles. The van der Waals surface area contributed by atoms with Crippen LogP contribution in [0.1, 0.15) is 21.5 Å². The number of methoxy groups -OCH3 is 2. The van der Waals surface area contributed by atoms with Crippen LogP contribution < -0.4 is 19.9 Å². The highest BCUT2D eigenvalue weighted by Crippen LogP contribution is 2.37. The Balaban J connectivity index is 1.78. The lowest BCUT2D eigenvalue weighted by Crippen LogP contribution is -2.23. The van der Waals surface area contributed by atoms with Gasteiger partial charge in [0.1, 0.15) is 5.75 Å². The molecule has 0 fully saturated rings. The first-order chi connectivity index (χ1) is 11.6. The Morgan fingerprint density at radius 1 is 1.21 bits per heavy atom. The molecular weight excluding hydrogens is 306 g/mol. The van der Waals surface area contributed by atoms with Crippen molar-refractivity contribution in [3.63, 3.8) is 0 Å². The zero-order valence-electron chi connectivity index (χ0n) is 13.9. The van der Waals surface area contributed by atoms with E-state index in [1.54, 1.807) is 13.2 Å². The van der Waals surface area contributed by atoms with Crippen LogP contribution in [0.4, 0.5) is 0 Å². The first-order valence-corrected chi connectivity index (χ1v) is 7.87. The molecule has 0 saturated carbocycles. The molecule has 2 N–H and O–H groups in total. The van der Waals surface area contributed by atoms with Crippen LogP contribution in [-0.4, -0.2) is 26.7 Å². The molecule has 1 amide bonds. The van der Waals surface area contributed by atoms with Crippen molar-refractivity contribution in [1.82, 2.24) is 0 Å². The second-order valence-electron chi connectivity index (χ2n) is 5.93. The van der Waals surface area contributed by atoms with Gasteiger partial charge in [0.15, 0.2) is 11.5 Å². The van der Waals surface area contributed by atoms with Gasteiger partial charge in [-0.25, -0.2) is 0 Å². The number of hydrogen-bond donors (Lipinski definition) is 1. The van der Waals surface area contributed by atoms with E-state index in [0.717, 1.165) is 35.5 Å². The Bertz CT molecular complexity index is 757. The third-order valence-electron chi connectivity index (χ3n) is 4.31. The zero-order valence-corrected chi connectivity index (χ0v) is 13.9. The lowest BCUT2D eigenvalue weighted by atomic mass is 9.90. The maximum Gasteiger partial charge on any atom is 0.252 e. The van der Waals surface area contributed by atoms with Gasteiger partial charge in [-0.1, -0.05) is 18.2 Å². The third kappa shape index (κ3) is 3.15. The molecule has 24 heavy (non-hydrogen) atoms. The molecule has 0 aromatic heterocycles. The van der Waals surface area contributed by atoms with Crippen molar-refractivity contribution in [3.8, 4) is 17.2 Å². The molecule has 1 heterocycles. The Morgan fingerprint density at radius 3 is 2.71 bits per heavy atom. The normalized spacial score (nSPS) is 16.0. The molecule has 126 valence electrons. The van der Waals surface area contributed by atoms with Crippen LogP contribution in [0.5, 0.6) is 17.2 Å². The molecule has 0 saturated heterocycles. The summed E-state index contributed by atoms with van der Waals surface area (Å²) in [5.74, 6) is 1.96. The number of rotatable bonds is 5. The molecule has 0 spiro atoms. The number of carbonyl (C=O) groups is 1. The summed E-state index contributed by atoms with van der Waals surface area (Å²) in [5, 5.41) is 0. The van der Waals surface area contributed by atoms with Crippen molar-refractivity contribution in [3.05, 3.63) is 53.1 Å². The topological polar surface area (TPSA) is 70.8 Å². The van der Waals surface area contributed by atoms with E-state index in [-0.39, 0.29) is 0 Å². The van der Waals surface area contributed by atoms with Gasteiger partial charge in [-0.15, -0.1) is 0 Å². The van der Waals surface area contributed by atoms with Crippen molar-refractivity contribution >= 4 is 5.91 Å². The monoisotopic (exact) mass is 327 g/mol. The average Bonchev–Trinajstić information content (AvgIpc) is 2.60. The number of fused-ring (bicyclic) bond motifs is 1. The van der Waals surface area contributed by atoms with E-state index in [1.807, 2.05) is 24.3 Å². The molecule has 1 aliphatic heterocycles. The van der Waals surface area contributed by atoms with Gasteiger partial charge in [-0.05, 0) is 42.2 Å². The predicted octanol–water partition coefficient (Wildman–Crippen LogP) is 2.60. The Hall–Kier alpha value is -2.69. The highest BCUT2D eigenvalue weighted by molar-refractivity contribution is 5.95. The number of benzene rings is 2. The molecule has 5 heteroatoms. The fraction of sp³-hybridized carbons (Fsp3) is 0.316. The van der Waals surface area contributed by atoms with Gasteiger partial charge < -0.3 is 19.9 Å². The summed E-state index contributed by atoms with van der Waals surface area (Å²) in [7, 11) is 3.18. The van der Waals surface area contributed by atoms with Crippen LogP contribution in [0.2, 0.25) is 0 Å². The first kappa shape index (κ1) is 16.2. The summed E-state index contributed by atoms with van der Waals surface area (Å²) in [6, 6.07) is 11.5. The molecule has 1 aliphatic rings. The number of ether oxygens (including phenoxy) is 3. The standard InChI is InChI=1S/C19H21NO4/c1-22-16-7-6-12(10-15(16)19(20)21)8-13-9-14-4-3-5-17(23-2)18(14)24-11-13/h3-7,10,13H,8-9,11H2,1-2H3,(H2,20,21)/t13-/m0/s1. The Morgan fingerprint density at radius 2 is 2.00 bits per heavy atom. The van der Waals surface area contributed by atoms with Crippen LogP contribution in [0.25, 0.3) is 0 Å². The van der Waals surface area contributed by atoms with Gasteiger partial charge in [0.2, 0.25) is 0 Å². The largest absolute Gasteiger partial charge is 0.496 e. The number of primary amides is 1. The van der Waals surface area contributed by atoms with Crippen molar-refractivity contribution in [2.24, 2.45) is 11.7 Å². The van der Waals surface area contributed by atoms with Crippen molar-refractivity contribution in [2.75, 3.05) is 20.8 Å². The highest BCUT2D eigenvalue weighted by atomic mass is 16.5. The lowest BCUT2D eigenvalue weighted by Gasteiger charge is -2.26.